The van der Waals surface area contributed by atoms with Gasteiger partial charge >= 0.3 is 0 Å². The van der Waals surface area contributed by atoms with Gasteiger partial charge in [0.1, 0.15) is 5.82 Å². The minimum Gasteiger partial charge on any atom is -0.393 e. The molecular weight excluding hydrogens is 278 g/mol. The molecule has 5 heteroatoms. The van der Waals surface area contributed by atoms with Crippen LogP contribution in [0.2, 0.25) is 0 Å². The zero-order valence-corrected chi connectivity index (χ0v) is 13.8. The van der Waals surface area contributed by atoms with Crippen molar-refractivity contribution in [2.45, 2.75) is 52.6 Å². The molecule has 0 saturated carbocycles. The van der Waals surface area contributed by atoms with Gasteiger partial charge < -0.3 is 10.0 Å². The van der Waals surface area contributed by atoms with E-state index in [1.54, 1.807) is 12.4 Å². The number of carbonyl (C=O) groups is 1. The lowest BCUT2D eigenvalue weighted by molar-refractivity contribution is 0.0384. The molecule has 5 nitrogen and oxygen atoms in total. The summed E-state index contributed by atoms with van der Waals surface area (Å²) in [5, 5.41) is 10.2. The minimum atomic E-state index is -0.246. The Labute approximate surface area is 132 Å². The van der Waals surface area contributed by atoms with Crippen molar-refractivity contribution < 1.29 is 9.90 Å². The normalized spacial score (nSPS) is 17.8. The number of aliphatic hydroxyl groups is 1. The number of aryl methyl sites for hydroxylation is 1. The first-order chi connectivity index (χ1) is 10.5. The van der Waals surface area contributed by atoms with Crippen LogP contribution in [0.25, 0.3) is 0 Å². The average molecular weight is 305 g/mol. The first-order valence-electron chi connectivity index (χ1n) is 8.29. The molecule has 1 aromatic heterocycles. The third kappa shape index (κ3) is 4.26. The molecule has 1 N–H and O–H groups in total. The highest BCUT2D eigenvalue weighted by Gasteiger charge is 2.28. The van der Waals surface area contributed by atoms with Gasteiger partial charge in [-0.05, 0) is 31.1 Å². The second-order valence-corrected chi connectivity index (χ2v) is 6.57. The third-order valence-electron chi connectivity index (χ3n) is 4.35. The molecular formula is C17H27N3O2. The van der Waals surface area contributed by atoms with E-state index in [0.717, 1.165) is 31.5 Å². The number of rotatable bonds is 5. The smallest absolute Gasteiger partial charge is 0.256 e. The number of aromatic nitrogens is 2. The van der Waals surface area contributed by atoms with Crippen LogP contribution in [-0.4, -0.2) is 45.1 Å². The van der Waals surface area contributed by atoms with Gasteiger partial charge in [0.2, 0.25) is 0 Å². The molecule has 2 heterocycles. The van der Waals surface area contributed by atoms with E-state index in [4.69, 9.17) is 0 Å². The molecule has 1 amide bonds. The number of amides is 1. The van der Waals surface area contributed by atoms with Gasteiger partial charge in [-0.15, -0.1) is 0 Å². The first kappa shape index (κ1) is 16.9. The number of likely N-dealkylation sites (tertiary alicyclic amines) is 1. The SMILES string of the molecule is CCc1ncc(C(=O)N2CCC([C@@H](O)CC(C)C)CC2)cn1. The molecule has 122 valence electrons. The van der Waals surface area contributed by atoms with E-state index >= 15 is 0 Å². The topological polar surface area (TPSA) is 66.3 Å². The second-order valence-electron chi connectivity index (χ2n) is 6.57. The molecule has 1 atom stereocenters. The summed E-state index contributed by atoms with van der Waals surface area (Å²) < 4.78 is 0. The number of hydrogen-bond donors (Lipinski definition) is 1. The Bertz CT molecular complexity index is 479. The molecule has 1 saturated heterocycles. The van der Waals surface area contributed by atoms with E-state index in [9.17, 15) is 9.90 Å². The van der Waals surface area contributed by atoms with Gasteiger partial charge in [0, 0.05) is 31.9 Å². The molecule has 1 aliphatic heterocycles. The van der Waals surface area contributed by atoms with Gasteiger partial charge in [0.15, 0.2) is 0 Å². The Morgan fingerprint density at radius 2 is 1.91 bits per heavy atom. The van der Waals surface area contributed by atoms with Crippen LogP contribution in [-0.2, 0) is 6.42 Å². The summed E-state index contributed by atoms with van der Waals surface area (Å²) in [6.07, 6.45) is 6.34. The van der Waals surface area contributed by atoms with Crippen LogP contribution < -0.4 is 0 Å². The van der Waals surface area contributed by atoms with Crippen molar-refractivity contribution in [2.75, 3.05) is 13.1 Å². The fraction of sp³-hybridized carbons (Fsp3) is 0.706. The van der Waals surface area contributed by atoms with Gasteiger partial charge in [-0.25, -0.2) is 9.97 Å². The van der Waals surface area contributed by atoms with E-state index in [0.29, 0.717) is 30.5 Å². The lowest BCUT2D eigenvalue weighted by Crippen LogP contribution is -2.41. The van der Waals surface area contributed by atoms with E-state index in [1.807, 2.05) is 11.8 Å². The summed E-state index contributed by atoms with van der Waals surface area (Å²) in [6.45, 7) is 7.65. The Kier molecular flexibility index (Phi) is 5.89. The molecule has 0 aromatic carbocycles. The summed E-state index contributed by atoms with van der Waals surface area (Å²) in [5.41, 5.74) is 0.554. The van der Waals surface area contributed by atoms with E-state index < -0.39 is 0 Å². The van der Waals surface area contributed by atoms with Crippen LogP contribution in [0.15, 0.2) is 12.4 Å². The lowest BCUT2D eigenvalue weighted by Gasteiger charge is -2.34. The highest BCUT2D eigenvalue weighted by molar-refractivity contribution is 5.93. The molecule has 22 heavy (non-hydrogen) atoms. The van der Waals surface area contributed by atoms with Crippen LogP contribution in [0.1, 0.15) is 56.2 Å². The number of carbonyl (C=O) groups excluding carboxylic acids is 1. The van der Waals surface area contributed by atoms with Crippen LogP contribution in [0.4, 0.5) is 0 Å². The highest BCUT2D eigenvalue weighted by atomic mass is 16.3. The highest BCUT2D eigenvalue weighted by Crippen LogP contribution is 2.25. The number of piperidine rings is 1. The Morgan fingerprint density at radius 1 is 1.32 bits per heavy atom. The van der Waals surface area contributed by atoms with Gasteiger partial charge in [0.25, 0.3) is 5.91 Å². The van der Waals surface area contributed by atoms with Crippen LogP contribution in [0, 0.1) is 11.8 Å². The number of nitrogens with zero attached hydrogens (tertiary/aromatic N) is 3. The van der Waals surface area contributed by atoms with Crippen molar-refractivity contribution in [3.8, 4) is 0 Å². The van der Waals surface area contributed by atoms with Crippen LogP contribution >= 0.6 is 0 Å². The van der Waals surface area contributed by atoms with Crippen LogP contribution in [0.5, 0.6) is 0 Å². The van der Waals surface area contributed by atoms with E-state index in [-0.39, 0.29) is 12.0 Å². The van der Waals surface area contributed by atoms with Gasteiger partial charge in [-0.2, -0.15) is 0 Å². The van der Waals surface area contributed by atoms with Crippen LogP contribution in [0.3, 0.4) is 0 Å². The quantitative estimate of drug-likeness (QED) is 0.906. The van der Waals surface area contributed by atoms with Crippen molar-refractivity contribution in [3.63, 3.8) is 0 Å². The molecule has 0 aliphatic carbocycles. The summed E-state index contributed by atoms with van der Waals surface area (Å²) >= 11 is 0. The van der Waals surface area contributed by atoms with Gasteiger partial charge in [0.05, 0.1) is 11.7 Å². The predicted octanol–water partition coefficient (Wildman–Crippen LogP) is 2.30. The minimum absolute atomic E-state index is 0.000507. The van der Waals surface area contributed by atoms with E-state index in [1.165, 1.54) is 0 Å². The standard InChI is InChI=1S/C17H27N3O2/c1-4-16-18-10-14(11-19-16)17(22)20-7-5-13(6-8-20)15(21)9-12(2)3/h10-13,15,21H,4-9H2,1-3H3/t15-/m0/s1. The maximum atomic E-state index is 12.4. The lowest BCUT2D eigenvalue weighted by atomic mass is 9.87. The molecule has 0 bridgehead atoms. The Balaban J connectivity index is 1.89. The maximum absolute atomic E-state index is 12.4. The average Bonchev–Trinajstić information content (AvgIpc) is 2.54. The molecule has 1 aliphatic rings. The Hall–Kier alpha value is -1.49. The largest absolute Gasteiger partial charge is 0.393 e. The molecule has 0 radical (unpaired) electrons. The fourth-order valence-electron chi connectivity index (χ4n) is 2.99. The molecule has 1 aromatic rings. The molecule has 0 spiro atoms. The number of hydrogen-bond acceptors (Lipinski definition) is 4. The monoisotopic (exact) mass is 305 g/mol. The predicted molar refractivity (Wildman–Crippen MR) is 85.5 cm³/mol. The van der Waals surface area contributed by atoms with Gasteiger partial charge in [-0.1, -0.05) is 20.8 Å². The molecule has 2 rings (SSSR count). The second kappa shape index (κ2) is 7.68. The van der Waals surface area contributed by atoms with Crippen molar-refractivity contribution in [1.29, 1.82) is 0 Å². The third-order valence-corrected chi connectivity index (χ3v) is 4.35. The zero-order valence-electron chi connectivity index (χ0n) is 13.8. The molecule has 0 unspecified atom stereocenters. The van der Waals surface area contributed by atoms with Crippen molar-refractivity contribution in [1.82, 2.24) is 14.9 Å². The summed E-state index contributed by atoms with van der Waals surface area (Å²) in [7, 11) is 0. The summed E-state index contributed by atoms with van der Waals surface area (Å²) in [6, 6.07) is 0. The van der Waals surface area contributed by atoms with E-state index in [2.05, 4.69) is 23.8 Å². The Morgan fingerprint density at radius 3 is 2.41 bits per heavy atom. The van der Waals surface area contributed by atoms with Crippen molar-refractivity contribution in [2.24, 2.45) is 11.8 Å². The molecule has 1 fully saturated rings. The summed E-state index contributed by atoms with van der Waals surface area (Å²) in [5.74, 6) is 1.57. The maximum Gasteiger partial charge on any atom is 0.256 e. The van der Waals surface area contributed by atoms with Gasteiger partial charge in [-0.3, -0.25) is 4.79 Å². The summed E-state index contributed by atoms with van der Waals surface area (Å²) in [4.78, 5) is 22.7. The number of aliphatic hydroxyl groups excluding tert-OH is 1. The fourth-order valence-corrected chi connectivity index (χ4v) is 2.99. The van der Waals surface area contributed by atoms with Crippen molar-refractivity contribution in [3.05, 3.63) is 23.8 Å². The first-order valence-corrected chi connectivity index (χ1v) is 8.29. The van der Waals surface area contributed by atoms with Crippen molar-refractivity contribution >= 4 is 5.91 Å². The zero-order chi connectivity index (χ0) is 16.1.